The Hall–Kier alpha value is -1.31. The molecule has 2 nitrogen and oxygen atoms in total. The molecule has 0 spiro atoms. The number of carboxylic acids is 1. The normalized spacial score (nSPS) is 21.9. The smallest absolute Gasteiger partial charge is 0.309 e. The first-order valence-electron chi connectivity index (χ1n) is 7.84. The highest BCUT2D eigenvalue weighted by Gasteiger charge is 2.56. The van der Waals surface area contributed by atoms with Crippen molar-refractivity contribution in [1.29, 1.82) is 0 Å². The Bertz CT molecular complexity index is 346. The molecule has 0 aromatic heterocycles. The van der Waals surface area contributed by atoms with Crippen molar-refractivity contribution in [2.24, 2.45) is 5.41 Å². The van der Waals surface area contributed by atoms with Crippen LogP contribution in [0.4, 0.5) is 0 Å². The van der Waals surface area contributed by atoms with Crippen LogP contribution in [-0.2, 0) is 4.79 Å². The average molecular weight is 280 g/mol. The van der Waals surface area contributed by atoms with Crippen LogP contribution in [-0.4, -0.2) is 11.1 Å². The molecule has 0 saturated heterocycles. The Morgan fingerprint density at radius 2 is 1.55 bits per heavy atom. The molecule has 2 atom stereocenters. The molecule has 1 fully saturated rings. The lowest BCUT2D eigenvalue weighted by atomic mass is 10.0. The Morgan fingerprint density at radius 3 is 1.85 bits per heavy atom. The number of rotatable bonds is 2. The zero-order chi connectivity index (χ0) is 16.2. The second-order valence-electron chi connectivity index (χ2n) is 4.60. The summed E-state index contributed by atoms with van der Waals surface area (Å²) in [5.74, 6) is -0.465. The van der Waals surface area contributed by atoms with Gasteiger partial charge in [0.15, 0.2) is 0 Å². The monoisotopic (exact) mass is 280 g/mol. The van der Waals surface area contributed by atoms with Gasteiger partial charge in [-0.3, -0.25) is 4.79 Å². The van der Waals surface area contributed by atoms with Crippen molar-refractivity contribution in [1.82, 2.24) is 0 Å². The first-order chi connectivity index (χ1) is 9.56. The lowest BCUT2D eigenvalue weighted by molar-refractivity contribution is -0.142. The van der Waals surface area contributed by atoms with E-state index >= 15 is 0 Å². The molecule has 1 aromatic rings. The minimum atomic E-state index is -0.679. The van der Waals surface area contributed by atoms with Crippen LogP contribution < -0.4 is 0 Å². The molecule has 116 valence electrons. The van der Waals surface area contributed by atoms with E-state index in [1.807, 2.05) is 65.0 Å². The van der Waals surface area contributed by atoms with E-state index in [1.54, 1.807) is 0 Å². The maximum Gasteiger partial charge on any atom is 0.309 e. The third-order valence-electron chi connectivity index (χ3n) is 2.93. The van der Waals surface area contributed by atoms with Crippen molar-refractivity contribution in [3.05, 3.63) is 35.9 Å². The van der Waals surface area contributed by atoms with E-state index in [9.17, 15) is 4.79 Å². The molecule has 1 N–H and O–H groups in total. The zero-order valence-corrected chi connectivity index (χ0v) is 14.2. The first kappa shape index (κ1) is 21.0. The molecule has 1 saturated carbocycles. The van der Waals surface area contributed by atoms with Crippen LogP contribution in [0.2, 0.25) is 0 Å². The van der Waals surface area contributed by atoms with E-state index in [2.05, 4.69) is 13.8 Å². The molecule has 1 aliphatic rings. The fourth-order valence-corrected chi connectivity index (χ4v) is 1.77. The molecule has 2 unspecified atom stereocenters. The highest BCUT2D eigenvalue weighted by atomic mass is 16.4. The third-order valence-corrected chi connectivity index (χ3v) is 2.93. The van der Waals surface area contributed by atoms with Crippen LogP contribution in [0, 0.1) is 5.41 Å². The van der Waals surface area contributed by atoms with E-state index in [-0.39, 0.29) is 5.92 Å². The van der Waals surface area contributed by atoms with Crippen molar-refractivity contribution in [2.75, 3.05) is 0 Å². The SMILES string of the molecule is CC.CC.CC1(C(=O)O)CC1c1ccccc1.CCC. The van der Waals surface area contributed by atoms with Crippen LogP contribution in [0.25, 0.3) is 0 Å². The number of carboxylic acid groups (broad SMARTS) is 1. The summed E-state index contributed by atoms with van der Waals surface area (Å²) in [7, 11) is 0. The average Bonchev–Trinajstić information content (AvgIpc) is 3.19. The summed E-state index contributed by atoms with van der Waals surface area (Å²) in [6, 6.07) is 9.85. The number of hydrogen-bond donors (Lipinski definition) is 1. The summed E-state index contributed by atoms with van der Waals surface area (Å²) in [6.45, 7) is 14.1. The van der Waals surface area contributed by atoms with Crippen LogP contribution in [0.3, 0.4) is 0 Å². The van der Waals surface area contributed by atoms with E-state index in [0.717, 1.165) is 12.0 Å². The predicted molar refractivity (Wildman–Crippen MR) is 88.2 cm³/mol. The maximum atomic E-state index is 10.9. The lowest BCUT2D eigenvalue weighted by Crippen LogP contribution is -2.12. The summed E-state index contributed by atoms with van der Waals surface area (Å²) in [5.41, 5.74) is 0.633. The molecule has 0 bridgehead atoms. The second kappa shape index (κ2) is 11.5. The lowest BCUT2D eigenvalue weighted by Gasteiger charge is -2.04. The highest BCUT2D eigenvalue weighted by molar-refractivity contribution is 5.79. The van der Waals surface area contributed by atoms with Gasteiger partial charge in [0.2, 0.25) is 0 Å². The second-order valence-corrected chi connectivity index (χ2v) is 4.60. The molecular formula is C18H32O2. The fraction of sp³-hybridized carbons (Fsp3) is 0.611. The number of benzene rings is 1. The summed E-state index contributed by atoms with van der Waals surface area (Å²) < 4.78 is 0. The summed E-state index contributed by atoms with van der Waals surface area (Å²) >= 11 is 0. The molecule has 0 amide bonds. The minimum absolute atomic E-state index is 0.214. The minimum Gasteiger partial charge on any atom is -0.481 e. The number of hydrogen-bond acceptors (Lipinski definition) is 1. The standard InChI is InChI=1S/C11H12O2.C3H8.2C2H6/c1-11(10(12)13)7-9(11)8-5-3-2-4-6-8;1-3-2;2*1-2/h2-6,9H,7H2,1H3,(H,12,13);3H2,1-2H3;2*1-2H3. The van der Waals surface area contributed by atoms with Gasteiger partial charge in [0.1, 0.15) is 0 Å². The van der Waals surface area contributed by atoms with Gasteiger partial charge in [-0.05, 0) is 18.9 Å². The topological polar surface area (TPSA) is 37.3 Å². The third kappa shape index (κ3) is 6.23. The number of aliphatic carboxylic acids is 1. The molecule has 1 aromatic carbocycles. The first-order valence-corrected chi connectivity index (χ1v) is 7.84. The van der Waals surface area contributed by atoms with Gasteiger partial charge in [-0.2, -0.15) is 0 Å². The number of carbonyl (C=O) groups is 1. The van der Waals surface area contributed by atoms with Crippen molar-refractivity contribution in [3.8, 4) is 0 Å². The van der Waals surface area contributed by atoms with Crippen LogP contribution in [0.15, 0.2) is 30.3 Å². The summed E-state index contributed by atoms with van der Waals surface area (Å²) in [4.78, 5) is 10.9. The Kier molecular flexibility index (Phi) is 12.1. The van der Waals surface area contributed by atoms with Gasteiger partial charge < -0.3 is 5.11 Å². The van der Waals surface area contributed by atoms with E-state index < -0.39 is 11.4 Å². The Morgan fingerprint density at radius 1 is 1.15 bits per heavy atom. The Labute approximate surface area is 125 Å². The Balaban J connectivity index is 0. The van der Waals surface area contributed by atoms with Gasteiger partial charge in [-0.25, -0.2) is 0 Å². The van der Waals surface area contributed by atoms with Crippen LogP contribution in [0.5, 0.6) is 0 Å². The van der Waals surface area contributed by atoms with Crippen molar-refractivity contribution in [3.63, 3.8) is 0 Å². The quantitative estimate of drug-likeness (QED) is 0.750. The molecular weight excluding hydrogens is 248 g/mol. The van der Waals surface area contributed by atoms with Crippen LogP contribution >= 0.6 is 0 Å². The van der Waals surface area contributed by atoms with Gasteiger partial charge in [0, 0.05) is 5.92 Å². The molecule has 20 heavy (non-hydrogen) atoms. The zero-order valence-electron chi connectivity index (χ0n) is 14.2. The molecule has 0 aliphatic heterocycles. The molecule has 1 aliphatic carbocycles. The molecule has 2 heteroatoms. The molecule has 2 rings (SSSR count). The predicted octanol–water partition coefficient (Wildman–Crippen LogP) is 5.73. The van der Waals surface area contributed by atoms with E-state index in [0.29, 0.717) is 0 Å². The van der Waals surface area contributed by atoms with Gasteiger partial charge in [-0.15, -0.1) is 0 Å². The van der Waals surface area contributed by atoms with Crippen molar-refractivity contribution >= 4 is 5.97 Å². The maximum absolute atomic E-state index is 10.9. The van der Waals surface area contributed by atoms with Gasteiger partial charge >= 0.3 is 5.97 Å². The van der Waals surface area contributed by atoms with E-state index in [4.69, 9.17) is 5.11 Å². The van der Waals surface area contributed by atoms with Gasteiger partial charge in [-0.1, -0.05) is 78.3 Å². The van der Waals surface area contributed by atoms with Crippen molar-refractivity contribution in [2.45, 2.75) is 67.2 Å². The van der Waals surface area contributed by atoms with Gasteiger partial charge in [0.05, 0.1) is 5.41 Å². The van der Waals surface area contributed by atoms with Crippen molar-refractivity contribution < 1.29 is 9.90 Å². The highest BCUT2D eigenvalue weighted by Crippen LogP contribution is 2.58. The summed E-state index contributed by atoms with van der Waals surface area (Å²) in [5, 5.41) is 8.94. The van der Waals surface area contributed by atoms with Crippen LogP contribution in [0.1, 0.15) is 72.8 Å². The fourth-order valence-electron chi connectivity index (χ4n) is 1.77. The largest absolute Gasteiger partial charge is 0.481 e. The summed E-state index contributed by atoms with van der Waals surface area (Å²) in [6.07, 6.45) is 2.02. The van der Waals surface area contributed by atoms with E-state index in [1.165, 1.54) is 6.42 Å². The van der Waals surface area contributed by atoms with Gasteiger partial charge in [0.25, 0.3) is 0 Å². The molecule has 0 heterocycles. The molecule has 0 radical (unpaired) electrons.